The smallest absolute Gasteiger partial charge is 0.307 e. The van der Waals surface area contributed by atoms with Crippen LogP contribution >= 0.6 is 0 Å². The van der Waals surface area contributed by atoms with E-state index in [0.29, 0.717) is 11.3 Å². The van der Waals surface area contributed by atoms with Crippen molar-refractivity contribution in [2.75, 3.05) is 7.11 Å². The molecule has 3 nitrogen and oxygen atoms in total. The van der Waals surface area contributed by atoms with Gasteiger partial charge in [0, 0.05) is 11.1 Å². The number of rotatable bonds is 4. The Kier molecular flexibility index (Phi) is 10.2. The fourth-order valence-electron chi connectivity index (χ4n) is 1.97. The van der Waals surface area contributed by atoms with Crippen LogP contribution < -0.4 is 4.74 Å². The maximum absolute atomic E-state index is 10.8. The zero-order chi connectivity index (χ0) is 17.0. The van der Waals surface area contributed by atoms with Crippen LogP contribution in [0.4, 0.5) is 0 Å². The van der Waals surface area contributed by atoms with E-state index in [4.69, 9.17) is 9.84 Å². The van der Waals surface area contributed by atoms with Gasteiger partial charge in [0.05, 0.1) is 13.5 Å². The Morgan fingerprint density at radius 1 is 0.955 bits per heavy atom. The van der Waals surface area contributed by atoms with E-state index < -0.39 is 5.97 Å². The molecule has 0 atom stereocenters. The van der Waals surface area contributed by atoms with Crippen LogP contribution in [0.1, 0.15) is 33.3 Å². The Morgan fingerprint density at radius 3 is 2.05 bits per heavy atom. The van der Waals surface area contributed by atoms with Crippen LogP contribution in [0.25, 0.3) is 11.1 Å². The first-order valence-electron chi connectivity index (χ1n) is 7.65. The van der Waals surface area contributed by atoms with Gasteiger partial charge in [0.15, 0.2) is 0 Å². The zero-order valence-electron chi connectivity index (χ0n) is 14.1. The molecule has 0 saturated carbocycles. The Balaban J connectivity index is 0.00000102. The molecule has 0 aromatic heterocycles. The van der Waals surface area contributed by atoms with Gasteiger partial charge in [-0.2, -0.15) is 0 Å². The molecule has 0 fully saturated rings. The van der Waals surface area contributed by atoms with Crippen molar-refractivity contribution < 1.29 is 14.6 Å². The standard InChI is InChI=1S/C15H14O3.2C2H6/c1-18-15-12(10-14(16)17)8-5-9-13(15)11-6-3-2-4-7-11;2*1-2/h2-9H,10H2,1H3,(H,16,17);2*1-2H3. The normalized spacial score (nSPS) is 8.77. The summed E-state index contributed by atoms with van der Waals surface area (Å²) < 4.78 is 5.37. The monoisotopic (exact) mass is 302 g/mol. The second kappa shape index (κ2) is 11.4. The highest BCUT2D eigenvalue weighted by Crippen LogP contribution is 2.33. The van der Waals surface area contributed by atoms with Gasteiger partial charge in [0.1, 0.15) is 5.75 Å². The number of carboxylic acid groups (broad SMARTS) is 1. The Hall–Kier alpha value is -2.29. The van der Waals surface area contributed by atoms with E-state index in [9.17, 15) is 4.79 Å². The quantitative estimate of drug-likeness (QED) is 0.860. The summed E-state index contributed by atoms with van der Waals surface area (Å²) >= 11 is 0. The van der Waals surface area contributed by atoms with Crippen molar-refractivity contribution in [1.82, 2.24) is 0 Å². The van der Waals surface area contributed by atoms with Gasteiger partial charge in [-0.3, -0.25) is 4.79 Å². The minimum atomic E-state index is -0.862. The summed E-state index contributed by atoms with van der Waals surface area (Å²) in [5, 5.41) is 8.89. The molecule has 0 saturated heterocycles. The van der Waals surface area contributed by atoms with Gasteiger partial charge in [-0.15, -0.1) is 0 Å². The van der Waals surface area contributed by atoms with Gasteiger partial charge in [-0.1, -0.05) is 76.2 Å². The summed E-state index contributed by atoms with van der Waals surface area (Å²) in [6, 6.07) is 15.3. The molecule has 0 unspecified atom stereocenters. The minimum absolute atomic E-state index is 0.0379. The number of benzene rings is 2. The van der Waals surface area contributed by atoms with Gasteiger partial charge in [-0.05, 0) is 5.56 Å². The van der Waals surface area contributed by atoms with Gasteiger partial charge in [0.25, 0.3) is 0 Å². The highest BCUT2D eigenvalue weighted by molar-refractivity contribution is 5.77. The van der Waals surface area contributed by atoms with Crippen LogP contribution in [0, 0.1) is 0 Å². The van der Waals surface area contributed by atoms with Crippen molar-refractivity contribution in [2.45, 2.75) is 34.1 Å². The van der Waals surface area contributed by atoms with Crippen LogP contribution in [-0.4, -0.2) is 18.2 Å². The third-order valence-corrected chi connectivity index (χ3v) is 2.73. The molecule has 3 heteroatoms. The van der Waals surface area contributed by atoms with E-state index in [1.807, 2.05) is 70.2 Å². The highest BCUT2D eigenvalue weighted by atomic mass is 16.5. The fourth-order valence-corrected chi connectivity index (χ4v) is 1.97. The van der Waals surface area contributed by atoms with Crippen molar-refractivity contribution in [3.05, 3.63) is 54.1 Å². The molecule has 22 heavy (non-hydrogen) atoms. The summed E-state index contributed by atoms with van der Waals surface area (Å²) in [6.45, 7) is 8.00. The SMILES string of the molecule is CC.CC.COc1c(CC(=O)O)cccc1-c1ccccc1. The van der Waals surface area contributed by atoms with Crippen LogP contribution in [0.15, 0.2) is 48.5 Å². The summed E-state index contributed by atoms with van der Waals surface area (Å²) in [5.74, 6) is -0.232. The third-order valence-electron chi connectivity index (χ3n) is 2.73. The van der Waals surface area contributed by atoms with E-state index >= 15 is 0 Å². The molecule has 2 aromatic rings. The average Bonchev–Trinajstić information content (AvgIpc) is 2.58. The lowest BCUT2D eigenvalue weighted by molar-refractivity contribution is -0.136. The van der Waals surface area contributed by atoms with Crippen molar-refractivity contribution >= 4 is 5.97 Å². The first-order valence-corrected chi connectivity index (χ1v) is 7.65. The maximum Gasteiger partial charge on any atom is 0.307 e. The first-order chi connectivity index (χ1) is 10.7. The van der Waals surface area contributed by atoms with Crippen LogP contribution in [0.3, 0.4) is 0 Å². The summed E-state index contributed by atoms with van der Waals surface area (Å²) in [7, 11) is 1.56. The Morgan fingerprint density at radius 2 is 1.55 bits per heavy atom. The molecule has 0 aliphatic heterocycles. The number of para-hydroxylation sites is 1. The lowest BCUT2D eigenvalue weighted by Gasteiger charge is -2.12. The van der Waals surface area contributed by atoms with Crippen molar-refractivity contribution in [3.63, 3.8) is 0 Å². The largest absolute Gasteiger partial charge is 0.496 e. The van der Waals surface area contributed by atoms with Crippen molar-refractivity contribution in [2.24, 2.45) is 0 Å². The van der Waals surface area contributed by atoms with Crippen LogP contribution in [0.5, 0.6) is 5.75 Å². The number of carboxylic acids is 1. The molecule has 120 valence electrons. The Labute approximate surface area is 133 Å². The second-order valence-electron chi connectivity index (χ2n) is 3.93. The van der Waals surface area contributed by atoms with E-state index in [1.165, 1.54) is 0 Å². The van der Waals surface area contributed by atoms with Gasteiger partial charge in [-0.25, -0.2) is 0 Å². The lowest BCUT2D eigenvalue weighted by atomic mass is 10.00. The van der Waals surface area contributed by atoms with Gasteiger partial charge in [0.2, 0.25) is 0 Å². The molecular weight excluding hydrogens is 276 g/mol. The summed E-state index contributed by atoms with van der Waals surface area (Å²) in [6.07, 6.45) is -0.0379. The molecule has 1 N–H and O–H groups in total. The molecule has 0 spiro atoms. The van der Waals surface area contributed by atoms with E-state index in [0.717, 1.165) is 11.1 Å². The molecule has 0 heterocycles. The lowest BCUT2D eigenvalue weighted by Crippen LogP contribution is -2.03. The minimum Gasteiger partial charge on any atom is -0.496 e. The van der Waals surface area contributed by atoms with E-state index in [2.05, 4.69) is 0 Å². The number of carbonyl (C=O) groups is 1. The van der Waals surface area contributed by atoms with Gasteiger partial charge >= 0.3 is 5.97 Å². The highest BCUT2D eigenvalue weighted by Gasteiger charge is 2.12. The fraction of sp³-hybridized carbons (Fsp3) is 0.316. The molecule has 0 amide bonds. The topological polar surface area (TPSA) is 46.5 Å². The van der Waals surface area contributed by atoms with Crippen molar-refractivity contribution in [3.8, 4) is 16.9 Å². The predicted molar refractivity (Wildman–Crippen MR) is 92.5 cm³/mol. The summed E-state index contributed by atoms with van der Waals surface area (Å²) in [5.41, 5.74) is 2.62. The summed E-state index contributed by atoms with van der Waals surface area (Å²) in [4.78, 5) is 10.8. The number of hydrogen-bond donors (Lipinski definition) is 1. The molecule has 2 rings (SSSR count). The third kappa shape index (κ3) is 5.60. The van der Waals surface area contributed by atoms with Crippen molar-refractivity contribution in [1.29, 1.82) is 0 Å². The number of ether oxygens (including phenoxy) is 1. The molecule has 0 aliphatic carbocycles. The average molecular weight is 302 g/mol. The second-order valence-corrected chi connectivity index (χ2v) is 3.93. The Bertz CT molecular complexity index is 548. The first kappa shape index (κ1) is 19.7. The zero-order valence-corrected chi connectivity index (χ0v) is 14.1. The molecule has 0 aliphatic rings. The van der Waals surface area contributed by atoms with E-state index in [-0.39, 0.29) is 6.42 Å². The van der Waals surface area contributed by atoms with Crippen LogP contribution in [0.2, 0.25) is 0 Å². The van der Waals surface area contributed by atoms with Crippen LogP contribution in [-0.2, 0) is 11.2 Å². The molecule has 0 bridgehead atoms. The molecule has 2 aromatic carbocycles. The molecular formula is C19H26O3. The predicted octanol–water partition coefficient (Wildman–Crippen LogP) is 5.04. The molecule has 0 radical (unpaired) electrons. The number of methoxy groups -OCH3 is 1. The van der Waals surface area contributed by atoms with E-state index in [1.54, 1.807) is 13.2 Å². The van der Waals surface area contributed by atoms with Gasteiger partial charge < -0.3 is 9.84 Å². The maximum atomic E-state index is 10.8. The number of aliphatic carboxylic acids is 1. The number of hydrogen-bond acceptors (Lipinski definition) is 2.